The third-order valence-electron chi connectivity index (χ3n) is 1.84. The Balaban J connectivity index is 4.10. The summed E-state index contributed by atoms with van der Waals surface area (Å²) >= 11 is 3.75. The fourth-order valence-corrected chi connectivity index (χ4v) is 1.04. The van der Waals surface area contributed by atoms with Crippen molar-refractivity contribution in [3.8, 4) is 0 Å². The number of carboxylic acids is 1. The number of carbonyl (C=O) groups excluding carboxylic acids is 3. The van der Waals surface area contributed by atoms with Gasteiger partial charge in [0.25, 0.3) is 0 Å². The molecule has 0 aromatic heterocycles. The van der Waals surface area contributed by atoms with Gasteiger partial charge in [0.05, 0.1) is 0 Å². The van der Waals surface area contributed by atoms with Crippen LogP contribution in [0, 0.1) is 0 Å². The molecule has 9 heteroatoms. The number of amides is 3. The summed E-state index contributed by atoms with van der Waals surface area (Å²) in [5, 5.41) is 12.8. The summed E-state index contributed by atoms with van der Waals surface area (Å²) in [5.74, 6) is -2.78. The van der Waals surface area contributed by atoms with Crippen LogP contribution in [0.15, 0.2) is 0 Å². The molecule has 18 heavy (non-hydrogen) atoms. The highest BCUT2D eigenvalue weighted by Crippen LogP contribution is 1.93. The smallest absolute Gasteiger partial charge is 0.322 e. The van der Waals surface area contributed by atoms with Crippen molar-refractivity contribution in [1.82, 2.24) is 14.9 Å². The first-order valence-corrected chi connectivity index (χ1v) is 5.40. The minimum atomic E-state index is -1.18. The summed E-state index contributed by atoms with van der Waals surface area (Å²) in [7, 11) is 0. The molecule has 0 aliphatic rings. The first-order chi connectivity index (χ1) is 8.23. The SMILES string of the molecule is CC(=O)N(S)CC(=O)N[C@@H](C)C(=O)NCC(=O)O. The van der Waals surface area contributed by atoms with Crippen molar-refractivity contribution in [3.05, 3.63) is 0 Å². The molecule has 8 nitrogen and oxygen atoms in total. The second-order valence-electron chi connectivity index (χ2n) is 3.48. The highest BCUT2D eigenvalue weighted by atomic mass is 32.1. The van der Waals surface area contributed by atoms with E-state index in [1.807, 2.05) is 0 Å². The maximum Gasteiger partial charge on any atom is 0.322 e. The first-order valence-electron chi connectivity index (χ1n) is 5.00. The second kappa shape index (κ2) is 7.54. The zero-order valence-electron chi connectivity index (χ0n) is 9.97. The molecule has 0 aromatic rings. The van der Waals surface area contributed by atoms with Crippen LogP contribution in [0.5, 0.6) is 0 Å². The minimum Gasteiger partial charge on any atom is -0.480 e. The highest BCUT2D eigenvalue weighted by Gasteiger charge is 2.17. The molecule has 0 bridgehead atoms. The van der Waals surface area contributed by atoms with Crippen molar-refractivity contribution >= 4 is 36.5 Å². The lowest BCUT2D eigenvalue weighted by molar-refractivity contribution is -0.138. The summed E-state index contributed by atoms with van der Waals surface area (Å²) < 4.78 is 0.886. The standard InChI is InChI=1S/C9H15N3O5S/c1-5(9(17)10-3-8(15)16)11-7(14)4-12(18)6(2)13/h5,18H,3-4H2,1-2H3,(H,10,17)(H,11,14)(H,15,16)/t5-/m0/s1. The molecule has 3 N–H and O–H groups in total. The van der Waals surface area contributed by atoms with Gasteiger partial charge in [0.15, 0.2) is 0 Å². The van der Waals surface area contributed by atoms with Crippen LogP contribution >= 0.6 is 12.8 Å². The largest absolute Gasteiger partial charge is 0.480 e. The molecule has 3 amide bonds. The van der Waals surface area contributed by atoms with Gasteiger partial charge in [-0.05, 0) is 6.92 Å². The first kappa shape index (κ1) is 16.2. The van der Waals surface area contributed by atoms with Crippen molar-refractivity contribution in [2.24, 2.45) is 0 Å². The molecule has 0 aromatic carbocycles. The zero-order chi connectivity index (χ0) is 14.3. The van der Waals surface area contributed by atoms with Crippen LogP contribution < -0.4 is 10.6 Å². The van der Waals surface area contributed by atoms with Crippen molar-refractivity contribution in [2.75, 3.05) is 13.1 Å². The van der Waals surface area contributed by atoms with Gasteiger partial charge in [0.1, 0.15) is 19.1 Å². The van der Waals surface area contributed by atoms with Gasteiger partial charge in [-0.25, -0.2) is 0 Å². The van der Waals surface area contributed by atoms with Crippen molar-refractivity contribution in [1.29, 1.82) is 0 Å². The van der Waals surface area contributed by atoms with Crippen LogP contribution in [-0.4, -0.2) is 52.2 Å². The van der Waals surface area contributed by atoms with Gasteiger partial charge in [-0.3, -0.25) is 23.5 Å². The number of aliphatic carboxylic acids is 1. The predicted octanol–water partition coefficient (Wildman–Crippen LogP) is -1.61. The Morgan fingerprint density at radius 2 is 1.89 bits per heavy atom. The number of carboxylic acid groups (broad SMARTS) is 1. The molecular formula is C9H15N3O5S. The van der Waals surface area contributed by atoms with Gasteiger partial charge in [-0.2, -0.15) is 0 Å². The fourth-order valence-electron chi connectivity index (χ4n) is 0.916. The van der Waals surface area contributed by atoms with Gasteiger partial charge >= 0.3 is 5.97 Å². The van der Waals surface area contributed by atoms with Gasteiger partial charge in [-0.1, -0.05) is 12.8 Å². The maximum absolute atomic E-state index is 11.4. The Bertz CT molecular complexity index is 360. The maximum atomic E-state index is 11.4. The van der Waals surface area contributed by atoms with Crippen LogP contribution in [0.25, 0.3) is 0 Å². The fraction of sp³-hybridized carbons (Fsp3) is 0.556. The number of rotatable bonds is 6. The van der Waals surface area contributed by atoms with Crippen LogP contribution in [0.3, 0.4) is 0 Å². The molecule has 0 aliphatic heterocycles. The van der Waals surface area contributed by atoms with E-state index in [4.69, 9.17) is 5.11 Å². The number of nitrogens with one attached hydrogen (secondary N) is 2. The normalized spacial score (nSPS) is 11.3. The summed E-state index contributed by atoms with van der Waals surface area (Å²) in [6, 6.07) is -0.898. The summed E-state index contributed by atoms with van der Waals surface area (Å²) in [5.41, 5.74) is 0. The van der Waals surface area contributed by atoms with E-state index < -0.39 is 36.3 Å². The molecular weight excluding hydrogens is 262 g/mol. The molecule has 0 saturated heterocycles. The Morgan fingerprint density at radius 3 is 2.33 bits per heavy atom. The Hall–Kier alpha value is -1.77. The van der Waals surface area contributed by atoms with E-state index in [1.165, 1.54) is 13.8 Å². The average molecular weight is 277 g/mol. The molecule has 0 rings (SSSR count). The number of hydrogen-bond acceptors (Lipinski definition) is 5. The van der Waals surface area contributed by atoms with Gasteiger partial charge in [0.2, 0.25) is 17.7 Å². The number of nitrogens with zero attached hydrogens (tertiary/aromatic N) is 1. The monoisotopic (exact) mass is 277 g/mol. The molecule has 102 valence electrons. The van der Waals surface area contributed by atoms with Crippen LogP contribution in [0.1, 0.15) is 13.8 Å². The van der Waals surface area contributed by atoms with E-state index in [9.17, 15) is 19.2 Å². The lowest BCUT2D eigenvalue weighted by atomic mass is 10.3. The van der Waals surface area contributed by atoms with Gasteiger partial charge in [0, 0.05) is 6.92 Å². The quantitative estimate of drug-likeness (QED) is 0.436. The van der Waals surface area contributed by atoms with Crippen LogP contribution in [-0.2, 0) is 19.2 Å². The summed E-state index contributed by atoms with van der Waals surface area (Å²) in [6.45, 7) is 1.81. The number of thiol groups is 1. The van der Waals surface area contributed by atoms with Crippen LogP contribution in [0.2, 0.25) is 0 Å². The lowest BCUT2D eigenvalue weighted by Crippen LogP contribution is -2.48. The van der Waals surface area contributed by atoms with E-state index in [2.05, 4.69) is 23.4 Å². The third kappa shape index (κ3) is 6.74. The molecule has 0 heterocycles. The van der Waals surface area contributed by atoms with E-state index in [0.29, 0.717) is 0 Å². The predicted molar refractivity (Wildman–Crippen MR) is 64.6 cm³/mol. The van der Waals surface area contributed by atoms with Crippen molar-refractivity contribution in [3.63, 3.8) is 0 Å². The van der Waals surface area contributed by atoms with Gasteiger partial charge < -0.3 is 15.7 Å². The minimum absolute atomic E-state index is 0.297. The highest BCUT2D eigenvalue weighted by molar-refractivity contribution is 7.78. The number of carbonyl (C=O) groups is 4. The topological polar surface area (TPSA) is 116 Å². The Labute approximate surface area is 109 Å². The Kier molecular flexibility index (Phi) is 6.79. The lowest BCUT2D eigenvalue weighted by Gasteiger charge is -2.16. The summed E-state index contributed by atoms with van der Waals surface area (Å²) in [4.78, 5) is 43.7. The van der Waals surface area contributed by atoms with E-state index in [1.54, 1.807) is 0 Å². The molecule has 0 radical (unpaired) electrons. The number of hydrogen-bond donors (Lipinski definition) is 4. The molecule has 0 unspecified atom stereocenters. The van der Waals surface area contributed by atoms with Gasteiger partial charge in [-0.15, -0.1) is 0 Å². The van der Waals surface area contributed by atoms with E-state index in [0.717, 1.165) is 4.31 Å². The third-order valence-corrected chi connectivity index (χ3v) is 2.26. The van der Waals surface area contributed by atoms with Crippen molar-refractivity contribution < 1.29 is 24.3 Å². The van der Waals surface area contributed by atoms with Crippen LogP contribution in [0.4, 0.5) is 0 Å². The average Bonchev–Trinajstić information content (AvgIpc) is 2.24. The molecule has 0 saturated carbocycles. The van der Waals surface area contributed by atoms with Crippen molar-refractivity contribution in [2.45, 2.75) is 19.9 Å². The Morgan fingerprint density at radius 1 is 1.33 bits per heavy atom. The molecule has 0 fully saturated rings. The zero-order valence-corrected chi connectivity index (χ0v) is 10.9. The second-order valence-corrected chi connectivity index (χ2v) is 3.96. The van der Waals surface area contributed by atoms with E-state index >= 15 is 0 Å². The molecule has 0 spiro atoms. The molecule has 0 aliphatic carbocycles. The molecule has 1 atom stereocenters. The summed E-state index contributed by atoms with van der Waals surface area (Å²) in [6.07, 6.45) is 0. The van der Waals surface area contributed by atoms with E-state index in [-0.39, 0.29) is 6.54 Å².